The van der Waals surface area contributed by atoms with Crippen LogP contribution in [0, 0.1) is 6.92 Å². The zero-order valence-electron chi connectivity index (χ0n) is 9.32. The molecule has 0 bridgehead atoms. The van der Waals surface area contributed by atoms with Crippen molar-refractivity contribution in [2.75, 3.05) is 6.54 Å². The molecule has 90 valence electrons. The molecular formula is C11H12Cl2N4. The highest BCUT2D eigenvalue weighted by Crippen LogP contribution is 2.24. The predicted molar refractivity (Wildman–Crippen MR) is 68.9 cm³/mol. The lowest BCUT2D eigenvalue weighted by molar-refractivity contribution is 0.804. The van der Waals surface area contributed by atoms with Crippen LogP contribution in [0.25, 0.3) is 5.69 Å². The van der Waals surface area contributed by atoms with Gasteiger partial charge in [0.1, 0.15) is 5.82 Å². The maximum Gasteiger partial charge on any atom is 0.152 e. The number of aromatic nitrogens is 3. The lowest BCUT2D eigenvalue weighted by atomic mass is 10.3. The van der Waals surface area contributed by atoms with E-state index in [4.69, 9.17) is 28.9 Å². The molecule has 1 heterocycles. The van der Waals surface area contributed by atoms with Crippen LogP contribution in [-0.4, -0.2) is 21.3 Å². The van der Waals surface area contributed by atoms with Crippen molar-refractivity contribution in [2.24, 2.45) is 5.73 Å². The standard InChI is InChI=1S/C11H12Cl2N4/c1-7-15-11(4-5-14)16-17(7)10-6-8(12)2-3-9(10)13/h2-3,6H,4-5,14H2,1H3. The van der Waals surface area contributed by atoms with Crippen LogP contribution in [0.4, 0.5) is 0 Å². The molecule has 0 amide bonds. The highest BCUT2D eigenvalue weighted by Gasteiger charge is 2.10. The molecule has 0 aliphatic heterocycles. The van der Waals surface area contributed by atoms with E-state index in [1.54, 1.807) is 22.9 Å². The van der Waals surface area contributed by atoms with E-state index in [1.165, 1.54) is 0 Å². The molecule has 0 saturated carbocycles. The molecular weight excluding hydrogens is 259 g/mol. The molecule has 6 heteroatoms. The number of aryl methyl sites for hydroxylation is 1. The van der Waals surface area contributed by atoms with Gasteiger partial charge in [-0.3, -0.25) is 0 Å². The summed E-state index contributed by atoms with van der Waals surface area (Å²) in [5.41, 5.74) is 6.21. The van der Waals surface area contributed by atoms with Crippen molar-refractivity contribution < 1.29 is 0 Å². The smallest absolute Gasteiger partial charge is 0.152 e. The Morgan fingerprint density at radius 1 is 1.35 bits per heavy atom. The lowest BCUT2D eigenvalue weighted by Crippen LogP contribution is -2.05. The van der Waals surface area contributed by atoms with E-state index >= 15 is 0 Å². The number of rotatable bonds is 3. The van der Waals surface area contributed by atoms with E-state index < -0.39 is 0 Å². The number of hydrogen-bond donors (Lipinski definition) is 1. The van der Waals surface area contributed by atoms with Crippen LogP contribution in [0.3, 0.4) is 0 Å². The summed E-state index contributed by atoms with van der Waals surface area (Å²) < 4.78 is 1.68. The fourth-order valence-corrected chi connectivity index (χ4v) is 1.92. The molecule has 2 aromatic rings. The van der Waals surface area contributed by atoms with Crippen LogP contribution in [0.2, 0.25) is 10.0 Å². The van der Waals surface area contributed by atoms with Gasteiger partial charge in [0.2, 0.25) is 0 Å². The Morgan fingerprint density at radius 3 is 2.82 bits per heavy atom. The fourth-order valence-electron chi connectivity index (χ4n) is 1.56. The molecule has 2 N–H and O–H groups in total. The summed E-state index contributed by atoms with van der Waals surface area (Å²) >= 11 is 12.1. The van der Waals surface area contributed by atoms with Gasteiger partial charge >= 0.3 is 0 Å². The van der Waals surface area contributed by atoms with E-state index in [-0.39, 0.29) is 0 Å². The van der Waals surface area contributed by atoms with Crippen molar-refractivity contribution >= 4 is 23.2 Å². The van der Waals surface area contributed by atoms with Gasteiger partial charge < -0.3 is 5.73 Å². The Kier molecular flexibility index (Phi) is 3.66. The van der Waals surface area contributed by atoms with Gasteiger partial charge in [0.25, 0.3) is 0 Å². The summed E-state index contributed by atoms with van der Waals surface area (Å²) in [5.74, 6) is 1.47. The highest BCUT2D eigenvalue weighted by atomic mass is 35.5. The minimum atomic E-state index is 0.521. The Labute approximate surface area is 109 Å². The topological polar surface area (TPSA) is 56.7 Å². The second kappa shape index (κ2) is 5.04. The van der Waals surface area contributed by atoms with E-state index in [0.29, 0.717) is 28.8 Å². The molecule has 4 nitrogen and oxygen atoms in total. The van der Waals surface area contributed by atoms with Crippen molar-refractivity contribution in [3.8, 4) is 5.69 Å². The largest absolute Gasteiger partial charge is 0.330 e. The van der Waals surface area contributed by atoms with Crippen LogP contribution < -0.4 is 5.73 Å². The minimum Gasteiger partial charge on any atom is -0.330 e. The van der Waals surface area contributed by atoms with Crippen LogP contribution in [0.15, 0.2) is 18.2 Å². The molecule has 0 aliphatic rings. The SMILES string of the molecule is Cc1nc(CCN)nn1-c1cc(Cl)ccc1Cl. The first-order valence-corrected chi connectivity index (χ1v) is 5.95. The van der Waals surface area contributed by atoms with Gasteiger partial charge in [0.05, 0.1) is 10.7 Å². The van der Waals surface area contributed by atoms with Gasteiger partial charge in [-0.1, -0.05) is 23.2 Å². The molecule has 17 heavy (non-hydrogen) atoms. The number of nitrogens with zero attached hydrogens (tertiary/aromatic N) is 3. The average Bonchev–Trinajstić information content (AvgIpc) is 2.64. The summed E-state index contributed by atoms with van der Waals surface area (Å²) in [6, 6.07) is 5.24. The van der Waals surface area contributed by atoms with E-state index in [0.717, 1.165) is 11.5 Å². The molecule has 0 fully saturated rings. The molecule has 0 unspecified atom stereocenters. The second-order valence-corrected chi connectivity index (χ2v) is 4.47. The normalized spacial score (nSPS) is 10.8. The van der Waals surface area contributed by atoms with Gasteiger partial charge in [-0.25, -0.2) is 9.67 Å². The summed E-state index contributed by atoms with van der Waals surface area (Å²) in [5, 5.41) is 5.55. The van der Waals surface area contributed by atoms with Crippen LogP contribution in [-0.2, 0) is 6.42 Å². The zero-order chi connectivity index (χ0) is 12.4. The van der Waals surface area contributed by atoms with Crippen LogP contribution in [0.1, 0.15) is 11.6 Å². The van der Waals surface area contributed by atoms with E-state index in [2.05, 4.69) is 10.1 Å². The van der Waals surface area contributed by atoms with E-state index in [9.17, 15) is 0 Å². The molecule has 0 spiro atoms. The predicted octanol–water partition coefficient (Wildman–Crippen LogP) is 2.38. The second-order valence-electron chi connectivity index (χ2n) is 3.62. The highest BCUT2D eigenvalue weighted by molar-refractivity contribution is 6.34. The Balaban J connectivity index is 2.48. The zero-order valence-corrected chi connectivity index (χ0v) is 10.8. The number of benzene rings is 1. The molecule has 0 saturated heterocycles. The first kappa shape index (κ1) is 12.4. The minimum absolute atomic E-state index is 0.521. The van der Waals surface area contributed by atoms with Crippen molar-refractivity contribution in [2.45, 2.75) is 13.3 Å². The van der Waals surface area contributed by atoms with Crippen LogP contribution >= 0.6 is 23.2 Å². The van der Waals surface area contributed by atoms with Crippen LogP contribution in [0.5, 0.6) is 0 Å². The maximum atomic E-state index is 6.12. The average molecular weight is 271 g/mol. The third-order valence-electron chi connectivity index (χ3n) is 2.32. The van der Waals surface area contributed by atoms with Crippen molar-refractivity contribution in [1.82, 2.24) is 14.8 Å². The number of halogens is 2. The molecule has 1 aromatic heterocycles. The van der Waals surface area contributed by atoms with Crippen molar-refractivity contribution in [3.63, 3.8) is 0 Å². The monoisotopic (exact) mass is 270 g/mol. The fraction of sp³-hybridized carbons (Fsp3) is 0.273. The third-order valence-corrected chi connectivity index (χ3v) is 2.87. The number of hydrogen-bond acceptors (Lipinski definition) is 3. The summed E-state index contributed by atoms with van der Waals surface area (Å²) in [7, 11) is 0. The maximum absolute atomic E-state index is 6.12. The molecule has 1 aromatic carbocycles. The van der Waals surface area contributed by atoms with Gasteiger partial charge in [0, 0.05) is 11.4 Å². The van der Waals surface area contributed by atoms with Gasteiger partial charge in [0.15, 0.2) is 5.82 Å². The van der Waals surface area contributed by atoms with Crippen molar-refractivity contribution in [3.05, 3.63) is 39.9 Å². The Bertz CT molecular complexity index is 536. The van der Waals surface area contributed by atoms with E-state index in [1.807, 2.05) is 6.92 Å². The molecule has 0 aliphatic carbocycles. The lowest BCUT2D eigenvalue weighted by Gasteiger charge is -2.05. The quantitative estimate of drug-likeness (QED) is 0.932. The molecule has 0 radical (unpaired) electrons. The summed E-state index contributed by atoms with van der Waals surface area (Å²) in [4.78, 5) is 4.32. The van der Waals surface area contributed by atoms with Gasteiger partial charge in [-0.2, -0.15) is 5.10 Å². The Hall–Kier alpha value is -1.10. The summed E-state index contributed by atoms with van der Waals surface area (Å²) in [6.45, 7) is 2.39. The third kappa shape index (κ3) is 2.60. The van der Waals surface area contributed by atoms with Gasteiger partial charge in [-0.05, 0) is 31.7 Å². The van der Waals surface area contributed by atoms with Gasteiger partial charge in [-0.15, -0.1) is 0 Å². The first-order chi connectivity index (χ1) is 8.11. The molecule has 0 atom stereocenters. The van der Waals surface area contributed by atoms with Crippen molar-refractivity contribution in [1.29, 1.82) is 0 Å². The Morgan fingerprint density at radius 2 is 2.12 bits per heavy atom. The summed E-state index contributed by atoms with van der Waals surface area (Å²) in [6.07, 6.45) is 0.645. The number of nitrogens with two attached hydrogens (primary N) is 1. The molecule has 2 rings (SSSR count). The first-order valence-electron chi connectivity index (χ1n) is 5.20.